The highest BCUT2D eigenvalue weighted by Crippen LogP contribution is 2.41. The van der Waals surface area contributed by atoms with Crippen LogP contribution in [0.15, 0.2) is 87.9 Å². The van der Waals surface area contributed by atoms with Gasteiger partial charge >= 0.3 is 0 Å². The van der Waals surface area contributed by atoms with Gasteiger partial charge in [0.1, 0.15) is 23.4 Å². The zero-order chi connectivity index (χ0) is 25.9. The Morgan fingerprint density at radius 2 is 1.97 bits per heavy atom. The Morgan fingerprint density at radius 1 is 1.16 bits per heavy atom. The zero-order valence-corrected chi connectivity index (χ0v) is 22.4. The maximum atomic E-state index is 13.6. The Balaban J connectivity index is 1.42. The van der Waals surface area contributed by atoms with Crippen LogP contribution in [0.25, 0.3) is 11.3 Å². The molecule has 4 aromatic rings. The topological polar surface area (TPSA) is 70.4 Å². The minimum absolute atomic E-state index is 0.104. The Hall–Kier alpha value is -3.56. The van der Waals surface area contributed by atoms with Crippen LogP contribution in [0, 0.1) is 12.7 Å². The summed E-state index contributed by atoms with van der Waals surface area (Å²) in [7, 11) is 0. The fourth-order valence-electron chi connectivity index (χ4n) is 4.45. The summed E-state index contributed by atoms with van der Waals surface area (Å²) in [5.41, 5.74) is 3.33. The van der Waals surface area contributed by atoms with E-state index in [1.165, 1.54) is 12.1 Å². The highest BCUT2D eigenvalue weighted by atomic mass is 79.9. The van der Waals surface area contributed by atoms with Gasteiger partial charge in [-0.1, -0.05) is 24.3 Å². The SMILES string of the molecule is Cc1ccccc1NC(=O)CCN1C(=S)N[C@@H](c2ccccn2)[C@H]1c1ccc(-c2ccc(F)cc2Br)o1. The van der Waals surface area contributed by atoms with Crippen LogP contribution in [-0.4, -0.2) is 27.4 Å². The standard InChI is InChI=1S/C28H24BrFN4O2S/c1-17-6-2-3-7-21(17)32-25(35)13-15-34-27(26(33-28(34)37)22-8-4-5-14-31-22)24-12-11-23(36-24)19-10-9-18(30)16-20(19)29/h2-12,14,16,26-27H,13,15H2,1H3,(H,32,35)(H,33,37)/t26-,27+/m0/s1. The summed E-state index contributed by atoms with van der Waals surface area (Å²) in [6.45, 7) is 2.34. The van der Waals surface area contributed by atoms with Gasteiger partial charge in [0, 0.05) is 34.9 Å². The van der Waals surface area contributed by atoms with Crippen LogP contribution >= 0.6 is 28.1 Å². The second kappa shape index (κ2) is 10.8. The Kier molecular flexibility index (Phi) is 7.34. The lowest BCUT2D eigenvalue weighted by Gasteiger charge is -2.26. The first-order valence-electron chi connectivity index (χ1n) is 11.8. The summed E-state index contributed by atoms with van der Waals surface area (Å²) < 4.78 is 20.5. The fourth-order valence-corrected chi connectivity index (χ4v) is 5.33. The third-order valence-electron chi connectivity index (χ3n) is 6.31. The Morgan fingerprint density at radius 3 is 2.73 bits per heavy atom. The first kappa shape index (κ1) is 25.1. The van der Waals surface area contributed by atoms with Crippen molar-refractivity contribution >= 4 is 44.9 Å². The summed E-state index contributed by atoms with van der Waals surface area (Å²) >= 11 is 9.12. The quantitative estimate of drug-likeness (QED) is 0.242. The third kappa shape index (κ3) is 5.42. The highest BCUT2D eigenvalue weighted by molar-refractivity contribution is 9.10. The number of aromatic nitrogens is 1. The summed E-state index contributed by atoms with van der Waals surface area (Å²) in [6.07, 6.45) is 1.97. The number of thiocarbonyl (C=S) groups is 1. The van der Waals surface area contributed by atoms with Crippen LogP contribution in [0.3, 0.4) is 0 Å². The molecule has 188 valence electrons. The molecule has 2 N–H and O–H groups in total. The van der Waals surface area contributed by atoms with Crippen molar-refractivity contribution in [1.82, 2.24) is 15.2 Å². The van der Waals surface area contributed by atoms with Crippen molar-refractivity contribution in [2.45, 2.75) is 25.4 Å². The van der Waals surface area contributed by atoms with Gasteiger partial charge in [0.05, 0.1) is 11.7 Å². The molecule has 9 heteroatoms. The van der Waals surface area contributed by atoms with E-state index in [2.05, 4.69) is 31.5 Å². The monoisotopic (exact) mass is 578 g/mol. The van der Waals surface area contributed by atoms with E-state index in [0.29, 0.717) is 27.7 Å². The van der Waals surface area contributed by atoms with Gasteiger partial charge in [-0.05, 0) is 89.2 Å². The molecular formula is C28H24BrFN4O2S. The van der Waals surface area contributed by atoms with E-state index in [-0.39, 0.29) is 30.2 Å². The smallest absolute Gasteiger partial charge is 0.226 e. The van der Waals surface area contributed by atoms with E-state index < -0.39 is 0 Å². The van der Waals surface area contributed by atoms with Gasteiger partial charge < -0.3 is 20.0 Å². The van der Waals surface area contributed by atoms with Gasteiger partial charge in [-0.25, -0.2) is 4.39 Å². The molecule has 1 saturated heterocycles. The highest BCUT2D eigenvalue weighted by Gasteiger charge is 2.41. The molecule has 0 saturated carbocycles. The number of rotatable bonds is 7. The molecule has 0 bridgehead atoms. The fraction of sp³-hybridized carbons (Fsp3) is 0.179. The van der Waals surface area contributed by atoms with Crippen molar-refractivity contribution < 1.29 is 13.6 Å². The Labute approximate surface area is 228 Å². The van der Waals surface area contributed by atoms with Crippen molar-refractivity contribution in [3.63, 3.8) is 0 Å². The minimum atomic E-state index is -0.335. The van der Waals surface area contributed by atoms with E-state index >= 15 is 0 Å². The number of para-hydroxylation sites is 1. The first-order valence-corrected chi connectivity index (χ1v) is 13.0. The minimum Gasteiger partial charge on any atom is -0.459 e. The molecule has 37 heavy (non-hydrogen) atoms. The number of halogens is 2. The molecule has 5 rings (SSSR count). The number of carbonyl (C=O) groups is 1. The largest absolute Gasteiger partial charge is 0.459 e. The summed E-state index contributed by atoms with van der Waals surface area (Å²) in [5.74, 6) is 0.816. The van der Waals surface area contributed by atoms with Gasteiger partial charge in [-0.2, -0.15) is 0 Å². The molecule has 1 aliphatic heterocycles. The number of nitrogens with one attached hydrogen (secondary N) is 2. The van der Waals surface area contributed by atoms with E-state index in [9.17, 15) is 9.18 Å². The van der Waals surface area contributed by atoms with Gasteiger partial charge in [-0.15, -0.1) is 0 Å². The number of carbonyl (C=O) groups excluding carboxylic acids is 1. The molecule has 1 aliphatic rings. The molecule has 0 spiro atoms. The molecule has 2 aromatic heterocycles. The molecule has 1 amide bonds. The number of benzene rings is 2. The summed E-state index contributed by atoms with van der Waals surface area (Å²) in [6, 6.07) is 21.0. The number of amides is 1. The molecule has 0 radical (unpaired) electrons. The first-order chi connectivity index (χ1) is 17.9. The maximum Gasteiger partial charge on any atom is 0.226 e. The summed E-state index contributed by atoms with van der Waals surface area (Å²) in [5, 5.41) is 6.86. The number of hydrogen-bond donors (Lipinski definition) is 2. The molecule has 2 atom stereocenters. The van der Waals surface area contributed by atoms with Crippen LogP contribution in [0.5, 0.6) is 0 Å². The van der Waals surface area contributed by atoms with E-state index in [1.54, 1.807) is 12.3 Å². The van der Waals surface area contributed by atoms with Crippen LogP contribution in [0.4, 0.5) is 10.1 Å². The second-order valence-electron chi connectivity index (χ2n) is 8.76. The maximum absolute atomic E-state index is 13.6. The molecule has 2 aromatic carbocycles. The van der Waals surface area contributed by atoms with Crippen molar-refractivity contribution in [2.24, 2.45) is 0 Å². The predicted octanol–water partition coefficient (Wildman–Crippen LogP) is 6.55. The number of anilines is 1. The van der Waals surface area contributed by atoms with Crippen LogP contribution in [0.1, 0.15) is 35.5 Å². The molecule has 1 fully saturated rings. The molecular weight excluding hydrogens is 555 g/mol. The lowest BCUT2D eigenvalue weighted by molar-refractivity contribution is -0.116. The zero-order valence-electron chi connectivity index (χ0n) is 19.9. The Bertz CT molecular complexity index is 1450. The molecule has 6 nitrogen and oxygen atoms in total. The average molecular weight is 579 g/mol. The average Bonchev–Trinajstić information content (AvgIpc) is 3.49. The van der Waals surface area contributed by atoms with Crippen molar-refractivity contribution in [3.05, 3.63) is 106 Å². The van der Waals surface area contributed by atoms with Crippen LogP contribution in [-0.2, 0) is 4.79 Å². The second-order valence-corrected chi connectivity index (χ2v) is 10.0. The van der Waals surface area contributed by atoms with E-state index in [1.807, 2.05) is 66.4 Å². The lowest BCUT2D eigenvalue weighted by Crippen LogP contribution is -2.32. The molecule has 0 unspecified atom stereocenters. The van der Waals surface area contributed by atoms with Crippen molar-refractivity contribution in [3.8, 4) is 11.3 Å². The number of furan rings is 1. The predicted molar refractivity (Wildman–Crippen MR) is 148 cm³/mol. The van der Waals surface area contributed by atoms with E-state index in [4.69, 9.17) is 16.6 Å². The molecule has 0 aliphatic carbocycles. The van der Waals surface area contributed by atoms with Crippen molar-refractivity contribution in [1.29, 1.82) is 0 Å². The van der Waals surface area contributed by atoms with Gasteiger partial charge in [0.15, 0.2) is 5.11 Å². The van der Waals surface area contributed by atoms with Crippen LogP contribution in [0.2, 0.25) is 0 Å². The van der Waals surface area contributed by atoms with Gasteiger partial charge in [0.2, 0.25) is 5.91 Å². The third-order valence-corrected chi connectivity index (χ3v) is 7.32. The van der Waals surface area contributed by atoms with Crippen LogP contribution < -0.4 is 10.6 Å². The van der Waals surface area contributed by atoms with Crippen molar-refractivity contribution in [2.75, 3.05) is 11.9 Å². The number of pyridine rings is 1. The molecule has 3 heterocycles. The number of hydrogen-bond acceptors (Lipinski definition) is 4. The van der Waals surface area contributed by atoms with E-state index in [0.717, 1.165) is 22.5 Å². The number of nitrogens with zero attached hydrogens (tertiary/aromatic N) is 2. The lowest BCUT2D eigenvalue weighted by atomic mass is 10.0. The normalized spacial score (nSPS) is 17.1. The van der Waals surface area contributed by atoms with Gasteiger partial charge in [-0.3, -0.25) is 9.78 Å². The summed E-state index contributed by atoms with van der Waals surface area (Å²) in [4.78, 5) is 19.3. The number of aryl methyl sites for hydroxylation is 1. The van der Waals surface area contributed by atoms with Gasteiger partial charge in [0.25, 0.3) is 0 Å².